The van der Waals surface area contributed by atoms with Gasteiger partial charge in [0, 0.05) is 18.1 Å². The SMILES string of the molecule is NCc1ccc(-n2cc(C(F)(F)F)cn2)c2ccccc12. The summed E-state index contributed by atoms with van der Waals surface area (Å²) in [6.45, 7) is 0.369. The Kier molecular flexibility index (Phi) is 3.17. The van der Waals surface area contributed by atoms with Crippen molar-refractivity contribution >= 4 is 10.8 Å². The Morgan fingerprint density at radius 2 is 1.76 bits per heavy atom. The van der Waals surface area contributed by atoms with Crippen LogP contribution in [0.4, 0.5) is 13.2 Å². The van der Waals surface area contributed by atoms with Crippen LogP contribution in [-0.4, -0.2) is 9.78 Å². The van der Waals surface area contributed by atoms with Crippen molar-refractivity contribution in [2.24, 2.45) is 5.73 Å². The van der Waals surface area contributed by atoms with Gasteiger partial charge in [0.15, 0.2) is 0 Å². The van der Waals surface area contributed by atoms with Crippen molar-refractivity contribution in [2.45, 2.75) is 12.7 Å². The van der Waals surface area contributed by atoms with Gasteiger partial charge in [0.1, 0.15) is 0 Å². The largest absolute Gasteiger partial charge is 0.419 e. The van der Waals surface area contributed by atoms with E-state index in [-0.39, 0.29) is 0 Å². The van der Waals surface area contributed by atoms with Crippen molar-refractivity contribution in [2.75, 3.05) is 0 Å². The Morgan fingerprint density at radius 1 is 1.05 bits per heavy atom. The van der Waals surface area contributed by atoms with Crippen LogP contribution in [0.1, 0.15) is 11.1 Å². The van der Waals surface area contributed by atoms with E-state index in [1.807, 2.05) is 30.3 Å². The van der Waals surface area contributed by atoms with Crippen molar-refractivity contribution in [3.05, 3.63) is 59.9 Å². The van der Waals surface area contributed by atoms with E-state index in [1.54, 1.807) is 6.07 Å². The van der Waals surface area contributed by atoms with Gasteiger partial charge < -0.3 is 5.73 Å². The maximum atomic E-state index is 12.7. The van der Waals surface area contributed by atoms with E-state index in [4.69, 9.17) is 5.73 Å². The number of fused-ring (bicyclic) bond motifs is 1. The van der Waals surface area contributed by atoms with Crippen LogP contribution in [0.5, 0.6) is 0 Å². The second-order valence-electron chi connectivity index (χ2n) is 4.66. The van der Waals surface area contributed by atoms with Gasteiger partial charge in [-0.15, -0.1) is 0 Å². The van der Waals surface area contributed by atoms with E-state index >= 15 is 0 Å². The van der Waals surface area contributed by atoms with Crippen LogP contribution in [0.25, 0.3) is 16.5 Å². The Balaban J connectivity index is 2.19. The van der Waals surface area contributed by atoms with Gasteiger partial charge in [-0.25, -0.2) is 4.68 Å². The monoisotopic (exact) mass is 291 g/mol. The molecule has 2 N–H and O–H groups in total. The number of nitrogens with zero attached hydrogens (tertiary/aromatic N) is 2. The molecule has 3 rings (SSSR count). The normalized spacial score (nSPS) is 12.0. The van der Waals surface area contributed by atoms with E-state index in [1.165, 1.54) is 4.68 Å². The lowest BCUT2D eigenvalue weighted by Gasteiger charge is -2.10. The number of alkyl halides is 3. The lowest BCUT2D eigenvalue weighted by atomic mass is 10.0. The average Bonchev–Trinajstić information content (AvgIpc) is 2.96. The van der Waals surface area contributed by atoms with Crippen LogP contribution >= 0.6 is 0 Å². The first-order chi connectivity index (χ1) is 10.0. The van der Waals surface area contributed by atoms with Crippen molar-refractivity contribution in [1.29, 1.82) is 0 Å². The zero-order valence-corrected chi connectivity index (χ0v) is 10.9. The minimum absolute atomic E-state index is 0.369. The van der Waals surface area contributed by atoms with Gasteiger partial charge in [-0.2, -0.15) is 18.3 Å². The highest BCUT2D eigenvalue weighted by molar-refractivity contribution is 5.92. The van der Waals surface area contributed by atoms with Crippen molar-refractivity contribution in [1.82, 2.24) is 9.78 Å². The maximum Gasteiger partial charge on any atom is 0.419 e. The first-order valence-electron chi connectivity index (χ1n) is 6.33. The van der Waals surface area contributed by atoms with Crippen molar-refractivity contribution in [3.63, 3.8) is 0 Å². The molecular weight excluding hydrogens is 279 g/mol. The Morgan fingerprint density at radius 3 is 2.38 bits per heavy atom. The first-order valence-corrected chi connectivity index (χ1v) is 6.33. The summed E-state index contributed by atoms with van der Waals surface area (Å²) in [7, 11) is 0. The Hall–Kier alpha value is -2.34. The molecule has 0 spiro atoms. The van der Waals surface area contributed by atoms with Gasteiger partial charge in [-0.3, -0.25) is 0 Å². The summed E-state index contributed by atoms with van der Waals surface area (Å²) in [5, 5.41) is 5.56. The highest BCUT2D eigenvalue weighted by Gasteiger charge is 2.32. The molecular formula is C15H12F3N3. The van der Waals surface area contributed by atoms with E-state index in [9.17, 15) is 13.2 Å². The first kappa shape index (κ1) is 13.6. The molecule has 2 aromatic carbocycles. The predicted molar refractivity (Wildman–Crippen MR) is 74.0 cm³/mol. The molecule has 0 aliphatic rings. The number of nitrogens with two attached hydrogens (primary N) is 1. The smallest absolute Gasteiger partial charge is 0.326 e. The van der Waals surface area contributed by atoms with Crippen molar-refractivity contribution < 1.29 is 13.2 Å². The summed E-state index contributed by atoms with van der Waals surface area (Å²) in [4.78, 5) is 0. The number of benzene rings is 2. The van der Waals surface area contributed by atoms with Gasteiger partial charge in [-0.05, 0) is 17.0 Å². The molecule has 0 aliphatic carbocycles. The van der Waals surface area contributed by atoms with Crippen LogP contribution in [-0.2, 0) is 12.7 Å². The quantitative estimate of drug-likeness (QED) is 0.785. The molecule has 21 heavy (non-hydrogen) atoms. The lowest BCUT2D eigenvalue weighted by molar-refractivity contribution is -0.137. The summed E-state index contributed by atoms with van der Waals surface area (Å²) < 4.78 is 39.3. The van der Waals surface area contributed by atoms with E-state index in [0.717, 1.165) is 28.7 Å². The summed E-state index contributed by atoms with van der Waals surface area (Å²) in [5.74, 6) is 0. The zero-order chi connectivity index (χ0) is 15.0. The topological polar surface area (TPSA) is 43.8 Å². The third-order valence-corrected chi connectivity index (χ3v) is 3.37. The van der Waals surface area contributed by atoms with Gasteiger partial charge in [0.2, 0.25) is 0 Å². The molecule has 0 bridgehead atoms. The Labute approximate surface area is 118 Å². The molecule has 3 nitrogen and oxygen atoms in total. The van der Waals surface area contributed by atoms with Gasteiger partial charge in [0.25, 0.3) is 0 Å². The molecule has 0 unspecified atom stereocenters. The zero-order valence-electron chi connectivity index (χ0n) is 10.9. The third-order valence-electron chi connectivity index (χ3n) is 3.37. The highest BCUT2D eigenvalue weighted by Crippen LogP contribution is 2.31. The standard InChI is InChI=1S/C15H12F3N3/c16-15(17,18)11-8-20-21(9-11)14-6-5-10(7-19)12-3-1-2-4-13(12)14/h1-6,8-9H,7,19H2. The van der Waals surface area contributed by atoms with Crippen LogP contribution in [0.15, 0.2) is 48.8 Å². The third kappa shape index (κ3) is 2.38. The number of halogens is 3. The van der Waals surface area contributed by atoms with Crippen LogP contribution < -0.4 is 5.73 Å². The maximum absolute atomic E-state index is 12.7. The van der Waals surface area contributed by atoms with E-state index in [2.05, 4.69) is 5.10 Å². The number of hydrogen-bond acceptors (Lipinski definition) is 2. The molecule has 1 aromatic heterocycles. The fraction of sp³-hybridized carbons (Fsp3) is 0.133. The second kappa shape index (κ2) is 4.89. The summed E-state index contributed by atoms with van der Waals surface area (Å²) in [5.41, 5.74) is 6.46. The predicted octanol–water partition coefficient (Wildman–Crippen LogP) is 3.50. The summed E-state index contributed by atoms with van der Waals surface area (Å²) >= 11 is 0. The molecule has 0 fully saturated rings. The van der Waals surface area contributed by atoms with Gasteiger partial charge >= 0.3 is 6.18 Å². The molecule has 0 atom stereocenters. The molecule has 0 saturated carbocycles. The van der Waals surface area contributed by atoms with Crippen LogP contribution in [0, 0.1) is 0 Å². The average molecular weight is 291 g/mol. The molecule has 1 heterocycles. The molecule has 3 aromatic rings. The molecule has 108 valence electrons. The Bertz CT molecular complexity index is 790. The van der Waals surface area contributed by atoms with Crippen LogP contribution in [0.3, 0.4) is 0 Å². The summed E-state index contributed by atoms with van der Waals surface area (Å²) in [6, 6.07) is 11.0. The molecule has 0 amide bonds. The van der Waals surface area contributed by atoms with Gasteiger partial charge in [-0.1, -0.05) is 30.3 Å². The van der Waals surface area contributed by atoms with E-state index < -0.39 is 11.7 Å². The molecule has 0 saturated heterocycles. The summed E-state index contributed by atoms with van der Waals surface area (Å²) in [6.07, 6.45) is -2.58. The van der Waals surface area contributed by atoms with Gasteiger partial charge in [0.05, 0.1) is 17.4 Å². The van der Waals surface area contributed by atoms with E-state index in [0.29, 0.717) is 12.2 Å². The number of hydrogen-bond donors (Lipinski definition) is 1. The van der Waals surface area contributed by atoms with Crippen LogP contribution in [0.2, 0.25) is 0 Å². The highest BCUT2D eigenvalue weighted by atomic mass is 19.4. The molecule has 0 aliphatic heterocycles. The molecule has 0 radical (unpaired) electrons. The second-order valence-corrected chi connectivity index (χ2v) is 4.66. The fourth-order valence-electron chi connectivity index (χ4n) is 2.32. The minimum Gasteiger partial charge on any atom is -0.326 e. The number of rotatable bonds is 2. The van der Waals surface area contributed by atoms with Crippen molar-refractivity contribution in [3.8, 4) is 5.69 Å². The minimum atomic E-state index is -4.40. The lowest BCUT2D eigenvalue weighted by Crippen LogP contribution is -2.03. The number of aromatic nitrogens is 2. The fourth-order valence-corrected chi connectivity index (χ4v) is 2.32. The molecule has 6 heteroatoms.